The fourth-order valence-corrected chi connectivity index (χ4v) is 6.18. The maximum Gasteiger partial charge on any atom is 0.416 e. The molecule has 1 N–H and O–H groups in total. The third-order valence-electron chi connectivity index (χ3n) is 8.34. The third-order valence-corrected chi connectivity index (χ3v) is 8.34. The van der Waals surface area contributed by atoms with Gasteiger partial charge < -0.3 is 14.9 Å². The van der Waals surface area contributed by atoms with Gasteiger partial charge in [0.1, 0.15) is 0 Å². The Kier molecular flexibility index (Phi) is 10.3. The van der Waals surface area contributed by atoms with E-state index in [0.29, 0.717) is 35.5 Å². The number of nitrogens with zero attached hydrogens (tertiary/aromatic N) is 6. The average Bonchev–Trinajstić information content (AvgIpc) is 3.37. The summed E-state index contributed by atoms with van der Waals surface area (Å²) in [4.78, 5) is 15.9. The molecule has 0 aliphatic heterocycles. The van der Waals surface area contributed by atoms with Crippen LogP contribution >= 0.6 is 0 Å². The van der Waals surface area contributed by atoms with Crippen LogP contribution in [0.4, 0.5) is 38.0 Å². The maximum absolute atomic E-state index is 14.1. The van der Waals surface area contributed by atoms with Crippen LogP contribution in [0.5, 0.6) is 0 Å². The van der Waals surface area contributed by atoms with Crippen LogP contribution in [0.1, 0.15) is 72.4 Å². The molecule has 0 amide bonds. The largest absolute Gasteiger partial charge is 0.481 e. The summed E-state index contributed by atoms with van der Waals surface area (Å²) in [7, 11) is 1.52. The van der Waals surface area contributed by atoms with Crippen molar-refractivity contribution in [3.05, 3.63) is 63.7 Å². The van der Waals surface area contributed by atoms with Crippen molar-refractivity contribution >= 4 is 17.6 Å². The van der Waals surface area contributed by atoms with Gasteiger partial charge in [-0.1, -0.05) is 16.7 Å². The summed E-state index contributed by atoms with van der Waals surface area (Å²) in [6.45, 7) is 5.72. The number of aryl methyl sites for hydroxylation is 3. The molecule has 14 heteroatoms. The second kappa shape index (κ2) is 13.7. The standard InChI is InChI=1S/C31H38F6N6O2/c1-5-42(16-22-8-6-21(7-9-22)14-28(44)45)27-12-20(3)26(31(35,36)37)15-24(27)18-43(29-38-40-41(4)39-29)17-23-10-19(2)11-25(13-23)30(32,33)34/h10-13,15,21-22H,5-9,14,16-18H2,1-4H3,(H,44,45)/t21-,22-. The first kappa shape index (κ1) is 34.0. The molecule has 0 atom stereocenters. The van der Waals surface area contributed by atoms with Crippen LogP contribution < -0.4 is 9.80 Å². The molecular formula is C31H38F6N6O2. The van der Waals surface area contributed by atoms with Crippen molar-refractivity contribution in [2.75, 3.05) is 22.9 Å². The SMILES string of the molecule is CCN(C[C@H]1CC[C@H](CC(=O)O)CC1)c1cc(C)c(C(F)(F)F)cc1CN(Cc1cc(C)cc(C(F)(F)F)c1)c1nnn(C)n1. The van der Waals surface area contributed by atoms with Gasteiger partial charge in [0.05, 0.1) is 18.2 Å². The zero-order valence-corrected chi connectivity index (χ0v) is 25.7. The molecule has 1 heterocycles. The van der Waals surface area contributed by atoms with Gasteiger partial charge in [0.2, 0.25) is 0 Å². The van der Waals surface area contributed by atoms with Crippen molar-refractivity contribution in [1.82, 2.24) is 20.2 Å². The summed E-state index contributed by atoms with van der Waals surface area (Å²) in [5, 5.41) is 21.3. The lowest BCUT2D eigenvalue weighted by Crippen LogP contribution is -2.33. The van der Waals surface area contributed by atoms with Gasteiger partial charge in [-0.3, -0.25) is 4.79 Å². The van der Waals surface area contributed by atoms with E-state index in [9.17, 15) is 31.1 Å². The Morgan fingerprint density at radius 2 is 1.60 bits per heavy atom. The molecule has 0 spiro atoms. The van der Waals surface area contributed by atoms with E-state index in [4.69, 9.17) is 5.11 Å². The minimum Gasteiger partial charge on any atom is -0.481 e. The van der Waals surface area contributed by atoms with Gasteiger partial charge in [-0.25, -0.2) is 0 Å². The first-order valence-corrected chi connectivity index (χ1v) is 14.9. The number of carboxylic acid groups (broad SMARTS) is 1. The number of carboxylic acids is 1. The Balaban J connectivity index is 1.71. The number of halogens is 6. The van der Waals surface area contributed by atoms with E-state index >= 15 is 0 Å². The lowest BCUT2D eigenvalue weighted by Gasteiger charge is -2.35. The molecule has 3 aromatic rings. The molecule has 8 nitrogen and oxygen atoms in total. The van der Waals surface area contributed by atoms with Crippen LogP contribution in [0.25, 0.3) is 0 Å². The Hall–Kier alpha value is -3.84. The number of aliphatic carboxylic acids is 1. The summed E-state index contributed by atoms with van der Waals surface area (Å²) in [6.07, 6.45) is -5.89. The van der Waals surface area contributed by atoms with Gasteiger partial charge in [-0.2, -0.15) is 31.1 Å². The summed E-state index contributed by atoms with van der Waals surface area (Å²) >= 11 is 0. The van der Waals surface area contributed by atoms with Gasteiger partial charge in [-0.05, 0) is 104 Å². The quantitative estimate of drug-likeness (QED) is 0.222. The highest BCUT2D eigenvalue weighted by atomic mass is 19.4. The molecule has 1 saturated carbocycles. The van der Waals surface area contributed by atoms with E-state index in [1.165, 1.54) is 29.7 Å². The third kappa shape index (κ3) is 8.88. The summed E-state index contributed by atoms with van der Waals surface area (Å²) in [6, 6.07) is 6.28. The zero-order valence-electron chi connectivity index (χ0n) is 25.7. The van der Waals surface area contributed by atoms with Crippen molar-refractivity contribution in [1.29, 1.82) is 0 Å². The summed E-state index contributed by atoms with van der Waals surface area (Å²) < 4.78 is 83.3. The van der Waals surface area contributed by atoms with Crippen molar-refractivity contribution in [2.24, 2.45) is 18.9 Å². The van der Waals surface area contributed by atoms with Gasteiger partial charge >= 0.3 is 18.3 Å². The van der Waals surface area contributed by atoms with Crippen molar-refractivity contribution in [3.63, 3.8) is 0 Å². The molecule has 0 saturated heterocycles. The van der Waals surface area contributed by atoms with E-state index in [1.807, 2.05) is 11.8 Å². The van der Waals surface area contributed by atoms with E-state index in [-0.39, 0.29) is 42.9 Å². The van der Waals surface area contributed by atoms with Gasteiger partial charge in [0.25, 0.3) is 5.95 Å². The van der Waals surface area contributed by atoms with Gasteiger partial charge in [-0.15, -0.1) is 5.10 Å². The minimum atomic E-state index is -4.62. The minimum absolute atomic E-state index is 0.0579. The zero-order chi connectivity index (χ0) is 33.1. The second-order valence-corrected chi connectivity index (χ2v) is 12.0. The number of benzene rings is 2. The predicted molar refractivity (Wildman–Crippen MR) is 157 cm³/mol. The van der Waals surface area contributed by atoms with Crippen LogP contribution in [-0.2, 0) is 37.3 Å². The van der Waals surface area contributed by atoms with Crippen LogP contribution in [-0.4, -0.2) is 44.4 Å². The Labute approximate surface area is 258 Å². The lowest BCUT2D eigenvalue weighted by atomic mass is 9.80. The number of alkyl halides is 6. The molecule has 0 radical (unpaired) electrons. The Morgan fingerprint density at radius 1 is 0.933 bits per heavy atom. The van der Waals surface area contributed by atoms with E-state index in [0.717, 1.165) is 43.9 Å². The normalized spacial score (nSPS) is 17.4. The molecule has 1 fully saturated rings. The predicted octanol–water partition coefficient (Wildman–Crippen LogP) is 7.18. The van der Waals surface area contributed by atoms with E-state index < -0.39 is 29.4 Å². The van der Waals surface area contributed by atoms with Crippen LogP contribution in [0, 0.1) is 25.7 Å². The van der Waals surface area contributed by atoms with Gasteiger partial charge in [0.15, 0.2) is 0 Å². The van der Waals surface area contributed by atoms with E-state index in [2.05, 4.69) is 15.4 Å². The van der Waals surface area contributed by atoms with Crippen LogP contribution in [0.3, 0.4) is 0 Å². The van der Waals surface area contributed by atoms with Crippen LogP contribution in [0.15, 0.2) is 30.3 Å². The molecule has 1 aromatic heterocycles. The lowest BCUT2D eigenvalue weighted by molar-refractivity contribution is -0.139. The molecule has 1 aliphatic rings. The maximum atomic E-state index is 14.1. The molecule has 45 heavy (non-hydrogen) atoms. The molecule has 246 valence electrons. The number of hydrogen-bond acceptors (Lipinski definition) is 6. The first-order chi connectivity index (χ1) is 21.0. The number of carbonyl (C=O) groups is 1. The molecule has 1 aliphatic carbocycles. The molecule has 0 unspecified atom stereocenters. The number of aromatic nitrogens is 4. The monoisotopic (exact) mass is 640 g/mol. The number of hydrogen-bond donors (Lipinski definition) is 1. The number of rotatable bonds is 11. The second-order valence-electron chi connectivity index (χ2n) is 12.0. The molecular weight excluding hydrogens is 602 g/mol. The highest BCUT2D eigenvalue weighted by Crippen LogP contribution is 2.39. The Morgan fingerprint density at radius 3 is 2.16 bits per heavy atom. The molecule has 2 aromatic carbocycles. The number of anilines is 2. The van der Waals surface area contributed by atoms with E-state index in [1.54, 1.807) is 13.0 Å². The topological polar surface area (TPSA) is 87.4 Å². The summed E-state index contributed by atoms with van der Waals surface area (Å²) in [5.74, 6) is -0.407. The van der Waals surface area contributed by atoms with Crippen molar-refractivity contribution in [2.45, 2.75) is 78.3 Å². The molecule has 4 rings (SSSR count). The fourth-order valence-electron chi connectivity index (χ4n) is 6.18. The van der Waals surface area contributed by atoms with Crippen molar-refractivity contribution < 1.29 is 36.2 Å². The first-order valence-electron chi connectivity index (χ1n) is 14.9. The molecule has 0 bridgehead atoms. The van der Waals surface area contributed by atoms with Crippen molar-refractivity contribution in [3.8, 4) is 0 Å². The highest BCUT2D eigenvalue weighted by molar-refractivity contribution is 5.67. The van der Waals surface area contributed by atoms with Crippen LogP contribution in [0.2, 0.25) is 0 Å². The smallest absolute Gasteiger partial charge is 0.416 e. The fraction of sp³-hybridized carbons (Fsp3) is 0.548. The average molecular weight is 641 g/mol. The Bertz CT molecular complexity index is 1480. The number of tetrazole rings is 1. The highest BCUT2D eigenvalue weighted by Gasteiger charge is 2.35. The van der Waals surface area contributed by atoms with Gasteiger partial charge in [0, 0.05) is 38.3 Å². The summed E-state index contributed by atoms with van der Waals surface area (Å²) in [5.41, 5.74) is 0.0314.